The fourth-order valence-corrected chi connectivity index (χ4v) is 2.52. The summed E-state index contributed by atoms with van der Waals surface area (Å²) >= 11 is 0. The molecule has 1 atom stereocenters. The zero-order chi connectivity index (χ0) is 14.8. The molecule has 0 bridgehead atoms. The minimum atomic E-state index is -0.631. The van der Waals surface area contributed by atoms with Crippen molar-refractivity contribution in [3.63, 3.8) is 0 Å². The number of para-hydroxylation sites is 2. The third-order valence-corrected chi connectivity index (χ3v) is 3.69. The van der Waals surface area contributed by atoms with Crippen molar-refractivity contribution in [3.05, 3.63) is 65.5 Å². The summed E-state index contributed by atoms with van der Waals surface area (Å²) < 4.78 is 1.87. The number of benzene rings is 2. The molecular weight excluding hydrogens is 264 g/mol. The SMILES string of the molecule is Cc1ccc(C(O)Cn2c(CO)nc3ccccc32)cc1. The van der Waals surface area contributed by atoms with Crippen molar-refractivity contribution in [1.82, 2.24) is 9.55 Å². The molecule has 108 valence electrons. The van der Waals surface area contributed by atoms with Crippen molar-refractivity contribution < 1.29 is 10.2 Å². The van der Waals surface area contributed by atoms with E-state index in [9.17, 15) is 10.2 Å². The zero-order valence-electron chi connectivity index (χ0n) is 11.9. The number of aliphatic hydroxyl groups is 2. The highest BCUT2D eigenvalue weighted by molar-refractivity contribution is 5.75. The van der Waals surface area contributed by atoms with E-state index in [1.54, 1.807) is 0 Å². The van der Waals surface area contributed by atoms with Crippen LogP contribution in [0.1, 0.15) is 23.1 Å². The Balaban J connectivity index is 1.95. The van der Waals surface area contributed by atoms with Crippen LogP contribution in [0.3, 0.4) is 0 Å². The highest BCUT2D eigenvalue weighted by atomic mass is 16.3. The van der Waals surface area contributed by atoms with Gasteiger partial charge in [0.2, 0.25) is 0 Å². The quantitative estimate of drug-likeness (QED) is 0.773. The Bertz CT molecular complexity index is 747. The minimum absolute atomic E-state index is 0.144. The highest BCUT2D eigenvalue weighted by Gasteiger charge is 2.14. The molecule has 0 saturated carbocycles. The standard InChI is InChI=1S/C17H18N2O2/c1-12-6-8-13(9-7-12)16(21)10-19-15-5-3-2-4-14(15)18-17(19)11-20/h2-9,16,20-21H,10-11H2,1H3. The van der Waals surface area contributed by atoms with Gasteiger partial charge in [0, 0.05) is 0 Å². The topological polar surface area (TPSA) is 58.3 Å². The lowest BCUT2D eigenvalue weighted by Crippen LogP contribution is -2.11. The lowest BCUT2D eigenvalue weighted by atomic mass is 10.1. The molecule has 0 radical (unpaired) electrons. The van der Waals surface area contributed by atoms with E-state index in [1.807, 2.05) is 60.0 Å². The number of hydrogen-bond acceptors (Lipinski definition) is 3. The molecule has 4 heteroatoms. The van der Waals surface area contributed by atoms with Gasteiger partial charge in [0.1, 0.15) is 12.4 Å². The van der Waals surface area contributed by atoms with Crippen LogP contribution in [0.25, 0.3) is 11.0 Å². The number of hydrogen-bond donors (Lipinski definition) is 2. The van der Waals surface area contributed by atoms with E-state index in [4.69, 9.17) is 0 Å². The number of aliphatic hydroxyl groups excluding tert-OH is 2. The van der Waals surface area contributed by atoms with Gasteiger partial charge >= 0.3 is 0 Å². The van der Waals surface area contributed by atoms with Crippen LogP contribution in [0.15, 0.2) is 48.5 Å². The van der Waals surface area contributed by atoms with E-state index in [0.29, 0.717) is 12.4 Å². The summed E-state index contributed by atoms with van der Waals surface area (Å²) in [5, 5.41) is 19.9. The number of imidazole rings is 1. The van der Waals surface area contributed by atoms with Crippen LogP contribution < -0.4 is 0 Å². The first kappa shape index (κ1) is 13.8. The molecular formula is C17H18N2O2. The van der Waals surface area contributed by atoms with Crippen LogP contribution in [-0.4, -0.2) is 19.8 Å². The normalized spacial score (nSPS) is 12.7. The predicted molar refractivity (Wildman–Crippen MR) is 81.8 cm³/mol. The Hall–Kier alpha value is -2.17. The molecule has 0 fully saturated rings. The van der Waals surface area contributed by atoms with Gasteiger partial charge in [0.25, 0.3) is 0 Å². The van der Waals surface area contributed by atoms with E-state index >= 15 is 0 Å². The molecule has 0 saturated heterocycles. The van der Waals surface area contributed by atoms with Crippen molar-refractivity contribution >= 4 is 11.0 Å². The van der Waals surface area contributed by atoms with E-state index in [1.165, 1.54) is 0 Å². The first-order valence-corrected chi connectivity index (χ1v) is 6.98. The molecule has 0 amide bonds. The molecule has 3 rings (SSSR count). The van der Waals surface area contributed by atoms with Crippen molar-refractivity contribution in [2.75, 3.05) is 0 Å². The maximum atomic E-state index is 10.4. The Kier molecular flexibility index (Phi) is 3.73. The molecule has 3 aromatic rings. The van der Waals surface area contributed by atoms with E-state index in [0.717, 1.165) is 22.2 Å². The third-order valence-electron chi connectivity index (χ3n) is 3.69. The highest BCUT2D eigenvalue weighted by Crippen LogP contribution is 2.21. The molecule has 0 aliphatic rings. The lowest BCUT2D eigenvalue weighted by molar-refractivity contribution is 0.153. The number of aryl methyl sites for hydroxylation is 1. The van der Waals surface area contributed by atoms with Gasteiger partial charge in [0.15, 0.2) is 0 Å². The average Bonchev–Trinajstić information content (AvgIpc) is 2.86. The van der Waals surface area contributed by atoms with Gasteiger partial charge in [0.05, 0.1) is 23.7 Å². The second kappa shape index (κ2) is 5.68. The smallest absolute Gasteiger partial charge is 0.135 e. The zero-order valence-corrected chi connectivity index (χ0v) is 11.9. The van der Waals surface area contributed by atoms with Crippen molar-refractivity contribution in [2.24, 2.45) is 0 Å². The number of fused-ring (bicyclic) bond motifs is 1. The van der Waals surface area contributed by atoms with Crippen LogP contribution in [0, 0.1) is 6.92 Å². The van der Waals surface area contributed by atoms with E-state index < -0.39 is 6.10 Å². The number of aromatic nitrogens is 2. The second-order valence-electron chi connectivity index (χ2n) is 5.21. The molecule has 1 unspecified atom stereocenters. The Morgan fingerprint density at radius 1 is 1.10 bits per heavy atom. The summed E-state index contributed by atoms with van der Waals surface area (Å²) in [4.78, 5) is 4.39. The predicted octanol–water partition coefficient (Wildman–Crippen LogP) is 2.57. The minimum Gasteiger partial charge on any atom is -0.388 e. The fourth-order valence-electron chi connectivity index (χ4n) is 2.52. The van der Waals surface area contributed by atoms with Gasteiger partial charge in [-0.2, -0.15) is 0 Å². The summed E-state index contributed by atoms with van der Waals surface area (Å²) in [7, 11) is 0. The first-order chi connectivity index (χ1) is 10.2. The fraction of sp³-hybridized carbons (Fsp3) is 0.235. The van der Waals surface area contributed by atoms with Gasteiger partial charge in [-0.15, -0.1) is 0 Å². The number of rotatable bonds is 4. The average molecular weight is 282 g/mol. The van der Waals surface area contributed by atoms with Crippen molar-refractivity contribution in [3.8, 4) is 0 Å². The van der Waals surface area contributed by atoms with Gasteiger partial charge in [-0.3, -0.25) is 0 Å². The third kappa shape index (κ3) is 2.68. The second-order valence-corrected chi connectivity index (χ2v) is 5.21. The van der Waals surface area contributed by atoms with Crippen LogP contribution in [0.4, 0.5) is 0 Å². The summed E-state index contributed by atoms with van der Waals surface area (Å²) in [6, 6.07) is 15.5. The lowest BCUT2D eigenvalue weighted by Gasteiger charge is -2.14. The monoisotopic (exact) mass is 282 g/mol. The Morgan fingerprint density at radius 3 is 2.52 bits per heavy atom. The van der Waals surface area contributed by atoms with Gasteiger partial charge in [-0.05, 0) is 24.6 Å². The molecule has 2 aromatic carbocycles. The molecule has 1 heterocycles. The summed E-state index contributed by atoms with van der Waals surface area (Å²) in [6.07, 6.45) is -0.631. The van der Waals surface area contributed by atoms with Gasteiger partial charge in [-0.1, -0.05) is 42.0 Å². The van der Waals surface area contributed by atoms with Crippen LogP contribution in [-0.2, 0) is 13.2 Å². The molecule has 0 spiro atoms. The summed E-state index contributed by atoms with van der Waals surface area (Å²) in [5.74, 6) is 0.572. The number of nitrogens with zero attached hydrogens (tertiary/aromatic N) is 2. The van der Waals surface area contributed by atoms with E-state index in [2.05, 4.69) is 4.98 Å². The Morgan fingerprint density at radius 2 is 1.81 bits per heavy atom. The Labute approximate surface area is 123 Å². The molecule has 21 heavy (non-hydrogen) atoms. The molecule has 4 nitrogen and oxygen atoms in total. The van der Waals surface area contributed by atoms with Gasteiger partial charge in [-0.25, -0.2) is 4.98 Å². The molecule has 1 aromatic heterocycles. The first-order valence-electron chi connectivity index (χ1n) is 6.98. The maximum Gasteiger partial charge on any atom is 0.135 e. The van der Waals surface area contributed by atoms with Gasteiger partial charge < -0.3 is 14.8 Å². The van der Waals surface area contributed by atoms with Crippen LogP contribution >= 0.6 is 0 Å². The molecule has 0 aliphatic heterocycles. The largest absolute Gasteiger partial charge is 0.388 e. The van der Waals surface area contributed by atoms with Crippen molar-refractivity contribution in [2.45, 2.75) is 26.2 Å². The van der Waals surface area contributed by atoms with E-state index in [-0.39, 0.29) is 6.61 Å². The van der Waals surface area contributed by atoms with Crippen LogP contribution in [0.5, 0.6) is 0 Å². The van der Waals surface area contributed by atoms with Crippen LogP contribution in [0.2, 0.25) is 0 Å². The maximum absolute atomic E-state index is 10.4. The molecule has 2 N–H and O–H groups in total. The summed E-state index contributed by atoms with van der Waals surface area (Å²) in [5.41, 5.74) is 3.78. The molecule has 0 aliphatic carbocycles. The van der Waals surface area contributed by atoms with Crippen molar-refractivity contribution in [1.29, 1.82) is 0 Å². The summed E-state index contributed by atoms with van der Waals surface area (Å²) in [6.45, 7) is 2.25.